The van der Waals surface area contributed by atoms with Crippen molar-refractivity contribution < 1.29 is 4.57 Å². The van der Waals surface area contributed by atoms with E-state index in [2.05, 4.69) is 17.5 Å². The first-order valence-electron chi connectivity index (χ1n) is 4.51. The van der Waals surface area contributed by atoms with Gasteiger partial charge in [0.2, 0.25) is 0 Å². The zero-order valence-corrected chi connectivity index (χ0v) is 11.7. The van der Waals surface area contributed by atoms with Crippen LogP contribution in [-0.2, 0) is 4.57 Å². The molecule has 0 saturated carbocycles. The Morgan fingerprint density at radius 3 is 2.67 bits per heavy atom. The lowest BCUT2D eigenvalue weighted by atomic mass is 10.5. The number of hydrogen-bond acceptors (Lipinski definition) is 4. The average Bonchev–Trinajstić information content (AvgIpc) is 2.68. The van der Waals surface area contributed by atoms with Crippen LogP contribution in [0.3, 0.4) is 0 Å². The molecule has 0 spiro atoms. The number of thiophene rings is 3. The van der Waals surface area contributed by atoms with E-state index in [4.69, 9.17) is 0 Å². The van der Waals surface area contributed by atoms with Crippen LogP contribution in [0.1, 0.15) is 0 Å². The van der Waals surface area contributed by atoms with Gasteiger partial charge in [0.15, 0.2) is 0 Å². The third-order valence-electron chi connectivity index (χ3n) is 2.27. The van der Waals surface area contributed by atoms with Gasteiger partial charge in [-0.05, 0) is 30.8 Å². The fourth-order valence-electron chi connectivity index (χ4n) is 1.52. The highest BCUT2D eigenvalue weighted by Gasteiger charge is 2.17. The summed E-state index contributed by atoms with van der Waals surface area (Å²) >= 11 is 5.29. The summed E-state index contributed by atoms with van der Waals surface area (Å²) in [5.41, 5.74) is 0. The van der Waals surface area contributed by atoms with E-state index in [1.165, 1.54) is 18.8 Å². The Hall–Kier alpha value is -0.150. The molecular formula is C10H9OPS3. The van der Waals surface area contributed by atoms with Crippen LogP contribution < -0.4 is 4.62 Å². The molecular weight excluding hydrogens is 263 g/mol. The van der Waals surface area contributed by atoms with Gasteiger partial charge < -0.3 is 4.57 Å². The van der Waals surface area contributed by atoms with Crippen molar-refractivity contribution in [1.29, 1.82) is 0 Å². The summed E-state index contributed by atoms with van der Waals surface area (Å²) in [5.74, 6) is 0. The van der Waals surface area contributed by atoms with Gasteiger partial charge in [-0.15, -0.1) is 34.0 Å². The van der Waals surface area contributed by atoms with E-state index in [1.54, 1.807) is 34.0 Å². The minimum Gasteiger partial charge on any atom is -0.318 e. The van der Waals surface area contributed by atoms with Crippen molar-refractivity contribution in [3.05, 3.63) is 17.5 Å². The molecule has 15 heavy (non-hydrogen) atoms. The second-order valence-corrected chi connectivity index (χ2v) is 10.4. The second-order valence-electron chi connectivity index (χ2n) is 3.84. The van der Waals surface area contributed by atoms with Crippen LogP contribution in [0.5, 0.6) is 0 Å². The molecule has 3 aromatic heterocycles. The second kappa shape index (κ2) is 3.17. The molecule has 3 rings (SSSR count). The highest BCUT2D eigenvalue weighted by atomic mass is 32.1. The van der Waals surface area contributed by atoms with E-state index in [0.717, 1.165) is 4.62 Å². The van der Waals surface area contributed by atoms with Crippen molar-refractivity contribution in [3.63, 3.8) is 0 Å². The zero-order chi connectivity index (χ0) is 10.6. The zero-order valence-electron chi connectivity index (χ0n) is 8.31. The lowest BCUT2D eigenvalue weighted by Gasteiger charge is -1.99. The van der Waals surface area contributed by atoms with Gasteiger partial charge in [-0.3, -0.25) is 0 Å². The minimum atomic E-state index is -2.09. The Balaban J connectivity index is 2.39. The van der Waals surface area contributed by atoms with Gasteiger partial charge in [0, 0.05) is 9.40 Å². The molecule has 3 heterocycles. The van der Waals surface area contributed by atoms with Gasteiger partial charge in [-0.1, -0.05) is 0 Å². The standard InChI is InChI=1S/C10H9OPS3/c1-12(2,11)8-5-7-10(15-8)9-6(14-7)3-4-13-9/h3-5H,1-2H3. The molecule has 0 aromatic carbocycles. The smallest absolute Gasteiger partial charge is 0.119 e. The van der Waals surface area contributed by atoms with E-state index >= 15 is 0 Å². The monoisotopic (exact) mass is 272 g/mol. The van der Waals surface area contributed by atoms with E-state index in [9.17, 15) is 4.57 Å². The molecule has 0 unspecified atom stereocenters. The summed E-state index contributed by atoms with van der Waals surface area (Å²) in [6.45, 7) is 3.68. The molecule has 0 saturated heterocycles. The molecule has 0 radical (unpaired) electrons. The SMILES string of the molecule is CP(C)(=O)c1cc2sc3ccsc3c2s1. The highest BCUT2D eigenvalue weighted by molar-refractivity contribution is 7.76. The summed E-state index contributed by atoms with van der Waals surface area (Å²) < 4.78 is 18.4. The third-order valence-corrected chi connectivity index (χ3v) is 8.43. The third kappa shape index (κ3) is 1.51. The van der Waals surface area contributed by atoms with Gasteiger partial charge in [-0.2, -0.15) is 0 Å². The largest absolute Gasteiger partial charge is 0.318 e. The Morgan fingerprint density at radius 2 is 1.93 bits per heavy atom. The van der Waals surface area contributed by atoms with Crippen LogP contribution in [0.15, 0.2) is 17.5 Å². The van der Waals surface area contributed by atoms with Crippen LogP contribution in [-0.4, -0.2) is 13.3 Å². The topological polar surface area (TPSA) is 17.1 Å². The Morgan fingerprint density at radius 1 is 1.13 bits per heavy atom. The summed E-state index contributed by atoms with van der Waals surface area (Å²) in [6.07, 6.45) is 0. The Labute approximate surface area is 99.7 Å². The lowest BCUT2D eigenvalue weighted by Crippen LogP contribution is -1.93. The predicted molar refractivity (Wildman–Crippen MR) is 74.2 cm³/mol. The Bertz CT molecular complexity index is 682. The number of fused-ring (bicyclic) bond motifs is 3. The quantitative estimate of drug-likeness (QED) is 0.599. The van der Waals surface area contributed by atoms with Crippen LogP contribution in [0.2, 0.25) is 0 Å². The molecule has 0 aliphatic carbocycles. The normalized spacial score (nSPS) is 12.9. The number of hydrogen-bond donors (Lipinski definition) is 0. The van der Waals surface area contributed by atoms with Crippen LogP contribution >= 0.6 is 41.2 Å². The van der Waals surface area contributed by atoms with Gasteiger partial charge in [0.25, 0.3) is 0 Å². The predicted octanol–water partition coefficient (Wildman–Crippen LogP) is 4.43. The first-order chi connectivity index (χ1) is 7.05. The van der Waals surface area contributed by atoms with Crippen molar-refractivity contribution in [2.45, 2.75) is 0 Å². The summed E-state index contributed by atoms with van der Waals surface area (Å²) in [5, 5.41) is 2.12. The maximum absolute atomic E-state index is 12.0. The Kier molecular flexibility index (Phi) is 2.12. The van der Waals surface area contributed by atoms with Crippen molar-refractivity contribution in [2.75, 3.05) is 13.3 Å². The molecule has 5 heteroatoms. The van der Waals surface area contributed by atoms with Crippen LogP contribution in [0.25, 0.3) is 18.8 Å². The van der Waals surface area contributed by atoms with Crippen molar-refractivity contribution in [1.82, 2.24) is 0 Å². The van der Waals surface area contributed by atoms with E-state index in [1.807, 2.05) is 13.3 Å². The number of rotatable bonds is 1. The first kappa shape index (κ1) is 10.0. The molecule has 3 aromatic rings. The molecule has 0 atom stereocenters. The summed E-state index contributed by atoms with van der Waals surface area (Å²) in [4.78, 5) is 0. The molecule has 0 bridgehead atoms. The van der Waals surface area contributed by atoms with Crippen molar-refractivity contribution in [2.24, 2.45) is 0 Å². The van der Waals surface area contributed by atoms with Gasteiger partial charge in [0.05, 0.1) is 14.0 Å². The first-order valence-corrected chi connectivity index (χ1v) is 9.62. The van der Waals surface area contributed by atoms with E-state index in [-0.39, 0.29) is 0 Å². The minimum absolute atomic E-state index is 1.05. The fraction of sp³-hybridized carbons (Fsp3) is 0.200. The maximum Gasteiger partial charge on any atom is 0.119 e. The van der Waals surface area contributed by atoms with E-state index < -0.39 is 7.14 Å². The van der Waals surface area contributed by atoms with Gasteiger partial charge in [-0.25, -0.2) is 0 Å². The van der Waals surface area contributed by atoms with Crippen molar-refractivity contribution >= 4 is 64.6 Å². The summed E-state index contributed by atoms with van der Waals surface area (Å²) in [7, 11) is -2.09. The average molecular weight is 272 g/mol. The van der Waals surface area contributed by atoms with Gasteiger partial charge in [0.1, 0.15) is 7.14 Å². The van der Waals surface area contributed by atoms with Crippen molar-refractivity contribution in [3.8, 4) is 0 Å². The maximum atomic E-state index is 12.0. The molecule has 1 nitrogen and oxygen atoms in total. The molecule has 0 fully saturated rings. The highest BCUT2D eigenvalue weighted by Crippen LogP contribution is 2.45. The van der Waals surface area contributed by atoms with Crippen LogP contribution in [0, 0.1) is 0 Å². The molecule has 0 aliphatic rings. The fourth-order valence-corrected chi connectivity index (χ4v) is 6.71. The molecule has 0 N–H and O–H groups in total. The van der Waals surface area contributed by atoms with Gasteiger partial charge >= 0.3 is 0 Å². The molecule has 0 aliphatic heterocycles. The molecule has 78 valence electrons. The summed E-state index contributed by atoms with van der Waals surface area (Å²) in [6, 6.07) is 4.27. The molecule has 0 amide bonds. The lowest BCUT2D eigenvalue weighted by molar-refractivity contribution is 0.588. The van der Waals surface area contributed by atoms with Crippen LogP contribution in [0.4, 0.5) is 0 Å². The van der Waals surface area contributed by atoms with E-state index in [0.29, 0.717) is 0 Å².